The Kier molecular flexibility index (Phi) is 5.88. The number of aromatic nitrogens is 2. The Morgan fingerprint density at radius 1 is 1.28 bits per heavy atom. The summed E-state index contributed by atoms with van der Waals surface area (Å²) in [5.74, 6) is 2.18. The molecular formula is C24H31N3OS. The van der Waals surface area contributed by atoms with Gasteiger partial charge in [0.2, 0.25) is 0 Å². The third kappa shape index (κ3) is 4.17. The standard InChI is InChI=1S/C24H31N3OS/c1-15-9-10-25-12-16(2)20(15)8-7-19-11-21-23(29-19)22(14-27(4)24(21)28)18-6-5-17(3)26-13-18/h5-6,11,13-16,20,25H,7-10,12H2,1-4H3/t15?,16-,20?/m0/s1. The topological polar surface area (TPSA) is 46.9 Å². The Morgan fingerprint density at radius 2 is 2.10 bits per heavy atom. The number of rotatable bonds is 4. The van der Waals surface area contributed by atoms with Crippen LogP contribution in [-0.2, 0) is 13.5 Å². The van der Waals surface area contributed by atoms with Crippen molar-refractivity contribution in [2.45, 2.75) is 40.0 Å². The minimum Gasteiger partial charge on any atom is -0.317 e. The normalized spacial score (nSPS) is 22.7. The predicted octanol–water partition coefficient (Wildman–Crippen LogP) is 4.78. The van der Waals surface area contributed by atoms with E-state index in [1.165, 1.54) is 17.7 Å². The van der Waals surface area contributed by atoms with Gasteiger partial charge in [0.25, 0.3) is 5.56 Å². The van der Waals surface area contributed by atoms with E-state index < -0.39 is 0 Å². The first kappa shape index (κ1) is 20.3. The highest BCUT2D eigenvalue weighted by Crippen LogP contribution is 2.35. The molecule has 1 fully saturated rings. The molecule has 4 heterocycles. The highest BCUT2D eigenvalue weighted by atomic mass is 32.1. The second-order valence-electron chi connectivity index (χ2n) is 8.75. The fraction of sp³-hybridized carbons (Fsp3) is 0.500. The maximum absolute atomic E-state index is 12.8. The lowest BCUT2D eigenvalue weighted by Crippen LogP contribution is -2.24. The first-order valence-corrected chi connectivity index (χ1v) is 11.5. The van der Waals surface area contributed by atoms with Crippen LogP contribution in [0.5, 0.6) is 0 Å². The molecule has 0 saturated carbocycles. The van der Waals surface area contributed by atoms with Crippen LogP contribution in [0.15, 0.2) is 35.4 Å². The van der Waals surface area contributed by atoms with Gasteiger partial charge >= 0.3 is 0 Å². The molecule has 29 heavy (non-hydrogen) atoms. The van der Waals surface area contributed by atoms with Crippen molar-refractivity contribution in [2.75, 3.05) is 13.1 Å². The number of pyridine rings is 2. The van der Waals surface area contributed by atoms with Crippen LogP contribution in [-0.4, -0.2) is 22.6 Å². The van der Waals surface area contributed by atoms with Crippen LogP contribution in [0.1, 0.15) is 37.3 Å². The minimum absolute atomic E-state index is 0.0896. The molecule has 0 radical (unpaired) electrons. The average molecular weight is 410 g/mol. The molecule has 3 atom stereocenters. The van der Waals surface area contributed by atoms with Gasteiger partial charge in [-0.05, 0) is 69.2 Å². The zero-order valence-corrected chi connectivity index (χ0v) is 18.7. The summed E-state index contributed by atoms with van der Waals surface area (Å²) in [5, 5.41) is 4.41. The van der Waals surface area contributed by atoms with Gasteiger partial charge < -0.3 is 9.88 Å². The van der Waals surface area contributed by atoms with Gasteiger partial charge in [0.1, 0.15) is 0 Å². The summed E-state index contributed by atoms with van der Waals surface area (Å²) in [6.45, 7) is 9.02. The molecule has 4 nitrogen and oxygen atoms in total. The molecule has 3 aromatic heterocycles. The van der Waals surface area contributed by atoms with E-state index in [0.717, 1.165) is 58.3 Å². The molecule has 0 amide bonds. The number of hydrogen-bond acceptors (Lipinski definition) is 4. The third-order valence-electron chi connectivity index (χ3n) is 6.55. The fourth-order valence-corrected chi connectivity index (χ4v) is 5.92. The summed E-state index contributed by atoms with van der Waals surface area (Å²) in [5.41, 5.74) is 3.27. The third-order valence-corrected chi connectivity index (χ3v) is 7.78. The first-order chi connectivity index (χ1) is 13.9. The van der Waals surface area contributed by atoms with E-state index in [1.807, 2.05) is 32.4 Å². The fourth-order valence-electron chi connectivity index (χ4n) is 4.72. The van der Waals surface area contributed by atoms with E-state index in [9.17, 15) is 4.79 Å². The Labute approximate surface area is 177 Å². The Bertz CT molecular complexity index is 1040. The van der Waals surface area contributed by atoms with Gasteiger partial charge in [-0.3, -0.25) is 9.78 Å². The average Bonchev–Trinajstić information content (AvgIpc) is 3.06. The van der Waals surface area contributed by atoms with E-state index in [4.69, 9.17) is 0 Å². The molecule has 0 aromatic carbocycles. The molecule has 1 N–H and O–H groups in total. The molecule has 4 rings (SSSR count). The van der Waals surface area contributed by atoms with Crippen LogP contribution in [0, 0.1) is 24.7 Å². The number of thiophene rings is 1. The number of fused-ring (bicyclic) bond motifs is 1. The van der Waals surface area contributed by atoms with Gasteiger partial charge in [0.05, 0.1) is 5.39 Å². The first-order valence-electron chi connectivity index (χ1n) is 10.7. The number of nitrogens with zero attached hydrogens (tertiary/aromatic N) is 2. The molecular weight excluding hydrogens is 378 g/mol. The lowest BCUT2D eigenvalue weighted by molar-refractivity contribution is 0.254. The monoisotopic (exact) mass is 409 g/mol. The van der Waals surface area contributed by atoms with Crippen LogP contribution in [0.4, 0.5) is 0 Å². The van der Waals surface area contributed by atoms with Crippen molar-refractivity contribution in [1.29, 1.82) is 0 Å². The van der Waals surface area contributed by atoms with E-state index in [0.29, 0.717) is 5.92 Å². The minimum atomic E-state index is 0.0896. The SMILES string of the molecule is Cc1ccc(-c2cn(C)c(=O)c3cc(CCC4C(C)CCNC[C@@H]4C)sc23)cn1. The molecule has 0 spiro atoms. The van der Waals surface area contributed by atoms with E-state index in [-0.39, 0.29) is 5.56 Å². The summed E-state index contributed by atoms with van der Waals surface area (Å²) < 4.78 is 2.80. The number of nitrogens with one attached hydrogen (secondary N) is 1. The van der Waals surface area contributed by atoms with Crippen LogP contribution < -0.4 is 10.9 Å². The Hall–Kier alpha value is -1.98. The van der Waals surface area contributed by atoms with Gasteiger partial charge in [-0.1, -0.05) is 19.9 Å². The quantitative estimate of drug-likeness (QED) is 0.674. The molecule has 3 aromatic rings. The lowest BCUT2D eigenvalue weighted by atomic mass is 9.79. The summed E-state index contributed by atoms with van der Waals surface area (Å²) in [7, 11) is 1.84. The molecule has 1 aliphatic rings. The maximum atomic E-state index is 12.8. The molecule has 0 aliphatic carbocycles. The van der Waals surface area contributed by atoms with Crippen LogP contribution >= 0.6 is 11.3 Å². The van der Waals surface area contributed by atoms with Gasteiger partial charge in [-0.25, -0.2) is 0 Å². The molecule has 0 bridgehead atoms. The zero-order valence-electron chi connectivity index (χ0n) is 17.9. The number of hydrogen-bond donors (Lipinski definition) is 1. The smallest absolute Gasteiger partial charge is 0.259 e. The van der Waals surface area contributed by atoms with Crippen molar-refractivity contribution < 1.29 is 0 Å². The molecule has 154 valence electrons. The van der Waals surface area contributed by atoms with Crippen LogP contribution in [0.2, 0.25) is 0 Å². The van der Waals surface area contributed by atoms with Crippen LogP contribution in [0.3, 0.4) is 0 Å². The molecule has 1 aliphatic heterocycles. The second kappa shape index (κ2) is 8.41. The van der Waals surface area contributed by atoms with Crippen molar-refractivity contribution in [3.8, 4) is 11.1 Å². The lowest BCUT2D eigenvalue weighted by Gasteiger charge is -2.26. The van der Waals surface area contributed by atoms with E-state index >= 15 is 0 Å². The van der Waals surface area contributed by atoms with Crippen LogP contribution in [0.25, 0.3) is 21.2 Å². The Morgan fingerprint density at radius 3 is 2.86 bits per heavy atom. The summed E-state index contributed by atoms with van der Waals surface area (Å²) in [6.07, 6.45) is 7.37. The summed E-state index contributed by atoms with van der Waals surface area (Å²) >= 11 is 1.79. The highest BCUT2D eigenvalue weighted by molar-refractivity contribution is 7.19. The Balaban J connectivity index is 1.66. The molecule has 5 heteroatoms. The van der Waals surface area contributed by atoms with Gasteiger partial charge in [-0.2, -0.15) is 0 Å². The molecule has 1 saturated heterocycles. The van der Waals surface area contributed by atoms with Crippen molar-refractivity contribution in [1.82, 2.24) is 14.9 Å². The van der Waals surface area contributed by atoms with Gasteiger partial charge in [0, 0.05) is 45.8 Å². The molecule has 2 unspecified atom stereocenters. The van der Waals surface area contributed by atoms with Gasteiger partial charge in [-0.15, -0.1) is 11.3 Å². The maximum Gasteiger partial charge on any atom is 0.259 e. The highest BCUT2D eigenvalue weighted by Gasteiger charge is 2.26. The summed E-state index contributed by atoms with van der Waals surface area (Å²) in [6, 6.07) is 6.27. The van der Waals surface area contributed by atoms with E-state index in [2.05, 4.69) is 36.3 Å². The number of aryl methyl sites for hydroxylation is 3. The van der Waals surface area contributed by atoms with Gasteiger partial charge in [0.15, 0.2) is 0 Å². The predicted molar refractivity (Wildman–Crippen MR) is 123 cm³/mol. The van der Waals surface area contributed by atoms with Crippen molar-refractivity contribution in [2.24, 2.45) is 24.8 Å². The second-order valence-corrected chi connectivity index (χ2v) is 9.89. The zero-order chi connectivity index (χ0) is 20.5. The largest absolute Gasteiger partial charge is 0.317 e. The summed E-state index contributed by atoms with van der Waals surface area (Å²) in [4.78, 5) is 18.6. The van der Waals surface area contributed by atoms with E-state index in [1.54, 1.807) is 15.9 Å². The van der Waals surface area contributed by atoms with Crippen molar-refractivity contribution >= 4 is 21.4 Å². The van der Waals surface area contributed by atoms with Crippen molar-refractivity contribution in [3.05, 3.63) is 51.5 Å². The van der Waals surface area contributed by atoms with Crippen molar-refractivity contribution in [3.63, 3.8) is 0 Å².